The van der Waals surface area contributed by atoms with Crippen molar-refractivity contribution in [1.29, 1.82) is 0 Å². The van der Waals surface area contributed by atoms with Crippen molar-refractivity contribution in [3.63, 3.8) is 0 Å². The second-order valence-electron chi connectivity index (χ2n) is 4.38. The number of carbonyl (C=O) groups is 2. The van der Waals surface area contributed by atoms with Crippen LogP contribution in [0.25, 0.3) is 0 Å². The van der Waals surface area contributed by atoms with Crippen LogP contribution in [-0.2, 0) is 16.0 Å². The van der Waals surface area contributed by atoms with Gasteiger partial charge in [0.1, 0.15) is 11.8 Å². The number of ether oxygens (including phenoxy) is 1. The Hall–Kier alpha value is -1.75. The molecule has 1 amide bonds. The quantitative estimate of drug-likeness (QED) is 0.810. The third kappa shape index (κ3) is 4.74. The highest BCUT2D eigenvalue weighted by Gasteiger charge is 2.19. The minimum Gasteiger partial charge on any atom is -0.496 e. The minimum absolute atomic E-state index is 0.0250. The number of carboxylic acid groups (broad SMARTS) is 1. The number of rotatable bonds is 7. The molecule has 0 spiro atoms. The van der Waals surface area contributed by atoms with E-state index in [4.69, 9.17) is 21.4 Å². The van der Waals surface area contributed by atoms with Gasteiger partial charge < -0.3 is 15.2 Å². The largest absolute Gasteiger partial charge is 0.496 e. The van der Waals surface area contributed by atoms with Crippen LogP contribution in [0.1, 0.15) is 25.3 Å². The Balaban J connectivity index is 2.75. The molecule has 0 aliphatic heterocycles. The van der Waals surface area contributed by atoms with Gasteiger partial charge >= 0.3 is 5.97 Å². The van der Waals surface area contributed by atoms with Crippen molar-refractivity contribution in [3.8, 4) is 5.75 Å². The highest BCUT2D eigenvalue weighted by Crippen LogP contribution is 2.23. The maximum absolute atomic E-state index is 11.9. The highest BCUT2D eigenvalue weighted by atomic mass is 35.5. The molecule has 0 radical (unpaired) electrons. The van der Waals surface area contributed by atoms with E-state index in [9.17, 15) is 9.59 Å². The van der Waals surface area contributed by atoms with Crippen LogP contribution in [0.5, 0.6) is 5.75 Å². The van der Waals surface area contributed by atoms with E-state index in [0.717, 1.165) is 0 Å². The molecular weight excluding hydrogens is 282 g/mol. The molecule has 0 saturated carbocycles. The predicted molar refractivity (Wildman–Crippen MR) is 76.2 cm³/mol. The van der Waals surface area contributed by atoms with Crippen LogP contribution < -0.4 is 10.1 Å². The van der Waals surface area contributed by atoms with E-state index in [-0.39, 0.29) is 12.3 Å². The molecule has 0 bridgehead atoms. The molecule has 1 aromatic carbocycles. The SMILES string of the molecule is CCC[C@H](NC(=O)Cc1cc(Cl)ccc1OC)C(=O)O. The van der Waals surface area contributed by atoms with Gasteiger partial charge in [-0.3, -0.25) is 4.79 Å². The van der Waals surface area contributed by atoms with Crippen molar-refractivity contribution in [2.24, 2.45) is 0 Å². The molecule has 110 valence electrons. The lowest BCUT2D eigenvalue weighted by Crippen LogP contribution is -2.41. The fourth-order valence-corrected chi connectivity index (χ4v) is 2.04. The average molecular weight is 300 g/mol. The Morgan fingerprint density at radius 2 is 2.15 bits per heavy atom. The molecule has 5 nitrogen and oxygen atoms in total. The van der Waals surface area contributed by atoms with Crippen LogP contribution in [0.15, 0.2) is 18.2 Å². The summed E-state index contributed by atoms with van der Waals surface area (Å²) in [4.78, 5) is 22.9. The van der Waals surface area contributed by atoms with Crippen molar-refractivity contribution in [2.45, 2.75) is 32.2 Å². The van der Waals surface area contributed by atoms with Gasteiger partial charge in [-0.15, -0.1) is 0 Å². The van der Waals surface area contributed by atoms with Gasteiger partial charge in [0.25, 0.3) is 0 Å². The summed E-state index contributed by atoms with van der Waals surface area (Å²) in [5.74, 6) is -0.850. The molecule has 0 unspecified atom stereocenters. The third-order valence-corrected chi connectivity index (χ3v) is 3.04. The van der Waals surface area contributed by atoms with Gasteiger partial charge in [0.2, 0.25) is 5.91 Å². The Morgan fingerprint density at radius 3 is 2.70 bits per heavy atom. The number of methoxy groups -OCH3 is 1. The Morgan fingerprint density at radius 1 is 1.45 bits per heavy atom. The zero-order valence-electron chi connectivity index (χ0n) is 11.5. The second kappa shape index (κ2) is 7.75. The Labute approximate surface area is 122 Å². The summed E-state index contributed by atoms with van der Waals surface area (Å²) in [6, 6.07) is 4.11. The topological polar surface area (TPSA) is 75.6 Å². The van der Waals surface area contributed by atoms with Gasteiger partial charge in [0.15, 0.2) is 0 Å². The van der Waals surface area contributed by atoms with E-state index in [1.54, 1.807) is 18.2 Å². The molecule has 1 atom stereocenters. The lowest BCUT2D eigenvalue weighted by molar-refractivity contribution is -0.141. The Kier molecular flexibility index (Phi) is 6.31. The molecule has 0 fully saturated rings. The first kappa shape index (κ1) is 16.3. The van der Waals surface area contributed by atoms with Gasteiger partial charge in [0.05, 0.1) is 13.5 Å². The third-order valence-electron chi connectivity index (χ3n) is 2.80. The predicted octanol–water partition coefficient (Wildman–Crippen LogP) is 2.26. The van der Waals surface area contributed by atoms with Gasteiger partial charge in [0, 0.05) is 10.6 Å². The van der Waals surface area contributed by atoms with Crippen LogP contribution in [0, 0.1) is 0 Å². The minimum atomic E-state index is -1.03. The fourth-order valence-electron chi connectivity index (χ4n) is 1.85. The molecule has 1 rings (SSSR count). The lowest BCUT2D eigenvalue weighted by atomic mass is 10.1. The lowest BCUT2D eigenvalue weighted by Gasteiger charge is -2.14. The molecule has 0 saturated heterocycles. The number of halogens is 1. The first-order valence-electron chi connectivity index (χ1n) is 6.32. The first-order valence-corrected chi connectivity index (χ1v) is 6.70. The maximum atomic E-state index is 11.9. The Bertz CT molecular complexity index is 490. The maximum Gasteiger partial charge on any atom is 0.326 e. The number of benzene rings is 1. The molecule has 0 aliphatic rings. The molecule has 20 heavy (non-hydrogen) atoms. The monoisotopic (exact) mass is 299 g/mol. The molecule has 0 aromatic heterocycles. The molecule has 6 heteroatoms. The number of hydrogen-bond acceptors (Lipinski definition) is 3. The molecule has 2 N–H and O–H groups in total. The van der Waals surface area contributed by atoms with Crippen molar-refractivity contribution in [3.05, 3.63) is 28.8 Å². The first-order chi connectivity index (χ1) is 9.47. The number of aliphatic carboxylic acids is 1. The molecule has 1 aromatic rings. The smallest absolute Gasteiger partial charge is 0.326 e. The van der Waals surface area contributed by atoms with E-state index in [2.05, 4.69) is 5.32 Å². The summed E-state index contributed by atoms with van der Waals surface area (Å²) in [7, 11) is 1.50. The summed E-state index contributed by atoms with van der Waals surface area (Å²) in [5, 5.41) is 12.0. The number of hydrogen-bond donors (Lipinski definition) is 2. The normalized spacial score (nSPS) is 11.8. The summed E-state index contributed by atoms with van der Waals surface area (Å²) in [6.45, 7) is 1.86. The van der Waals surface area contributed by atoms with Gasteiger partial charge in [-0.1, -0.05) is 24.9 Å². The average Bonchev–Trinajstić information content (AvgIpc) is 2.38. The van der Waals surface area contributed by atoms with Crippen LogP contribution in [-0.4, -0.2) is 30.1 Å². The van der Waals surface area contributed by atoms with Crippen molar-refractivity contribution >= 4 is 23.5 Å². The second-order valence-corrected chi connectivity index (χ2v) is 4.82. The molecule has 0 aliphatic carbocycles. The van der Waals surface area contributed by atoms with E-state index < -0.39 is 12.0 Å². The van der Waals surface area contributed by atoms with Crippen LogP contribution in [0.2, 0.25) is 5.02 Å². The van der Waals surface area contributed by atoms with Gasteiger partial charge in [-0.25, -0.2) is 4.79 Å². The highest BCUT2D eigenvalue weighted by molar-refractivity contribution is 6.30. The van der Waals surface area contributed by atoms with E-state index in [0.29, 0.717) is 29.2 Å². The van der Waals surface area contributed by atoms with Crippen LogP contribution in [0.4, 0.5) is 0 Å². The van der Waals surface area contributed by atoms with E-state index in [1.807, 2.05) is 6.92 Å². The number of carbonyl (C=O) groups excluding carboxylic acids is 1. The van der Waals surface area contributed by atoms with Gasteiger partial charge in [-0.05, 0) is 24.6 Å². The standard InChI is InChI=1S/C14H18ClNO4/c1-3-4-11(14(18)19)16-13(17)8-9-7-10(15)5-6-12(9)20-2/h5-7,11H,3-4,8H2,1-2H3,(H,16,17)(H,18,19)/t11-/m0/s1. The zero-order valence-corrected chi connectivity index (χ0v) is 12.2. The van der Waals surface area contributed by atoms with Gasteiger partial charge in [-0.2, -0.15) is 0 Å². The fraction of sp³-hybridized carbons (Fsp3) is 0.429. The summed E-state index contributed by atoms with van der Waals surface area (Å²) in [6.07, 6.45) is 1.10. The van der Waals surface area contributed by atoms with E-state index >= 15 is 0 Å². The van der Waals surface area contributed by atoms with E-state index in [1.165, 1.54) is 7.11 Å². The van der Waals surface area contributed by atoms with Crippen LogP contribution in [0.3, 0.4) is 0 Å². The van der Waals surface area contributed by atoms with Crippen LogP contribution >= 0.6 is 11.6 Å². The number of amides is 1. The summed E-state index contributed by atoms with van der Waals surface area (Å²) < 4.78 is 5.15. The van der Waals surface area contributed by atoms with Crippen molar-refractivity contribution in [1.82, 2.24) is 5.32 Å². The van der Waals surface area contributed by atoms with Crippen molar-refractivity contribution in [2.75, 3.05) is 7.11 Å². The molecular formula is C14H18ClNO4. The summed E-state index contributed by atoms with van der Waals surface area (Å²) in [5.41, 5.74) is 0.623. The summed E-state index contributed by atoms with van der Waals surface area (Å²) >= 11 is 5.88. The molecule has 0 heterocycles. The van der Waals surface area contributed by atoms with Crippen molar-refractivity contribution < 1.29 is 19.4 Å². The zero-order chi connectivity index (χ0) is 15.1. The number of carboxylic acids is 1. The number of nitrogens with one attached hydrogen (secondary N) is 1.